The molecule has 0 aromatic rings. The topological polar surface area (TPSA) is 20.2 Å². The molecule has 0 bridgehead atoms. The minimum absolute atomic E-state index is 0.0502. The van der Waals surface area contributed by atoms with Crippen molar-refractivity contribution in [3.8, 4) is 0 Å². The summed E-state index contributed by atoms with van der Waals surface area (Å²) >= 11 is 0. The van der Waals surface area contributed by atoms with Crippen molar-refractivity contribution < 1.29 is 5.11 Å². The zero-order valence-electron chi connectivity index (χ0n) is 15.9. The van der Waals surface area contributed by atoms with E-state index in [4.69, 9.17) is 0 Å². The molecule has 0 aromatic carbocycles. The number of hydrogen-bond acceptors (Lipinski definition) is 1. The molecule has 1 unspecified atom stereocenters. The molecule has 0 saturated heterocycles. The summed E-state index contributed by atoms with van der Waals surface area (Å²) in [4.78, 5) is 0. The van der Waals surface area contributed by atoms with Crippen molar-refractivity contribution in [3.63, 3.8) is 0 Å². The van der Waals surface area contributed by atoms with Gasteiger partial charge in [0.05, 0.1) is 6.10 Å². The highest BCUT2D eigenvalue weighted by Crippen LogP contribution is 2.12. The molecule has 1 N–H and O–H groups in total. The van der Waals surface area contributed by atoms with E-state index in [1.807, 2.05) is 0 Å². The Morgan fingerprint density at radius 2 is 1.17 bits per heavy atom. The molecule has 0 aliphatic rings. The van der Waals surface area contributed by atoms with Gasteiger partial charge in [0.15, 0.2) is 0 Å². The van der Waals surface area contributed by atoms with Crippen molar-refractivity contribution in [2.75, 3.05) is 0 Å². The van der Waals surface area contributed by atoms with Gasteiger partial charge in [0, 0.05) is 0 Å². The Hall–Kier alpha value is -0.560. The van der Waals surface area contributed by atoms with Crippen LogP contribution in [0.1, 0.15) is 110 Å². The summed E-state index contributed by atoms with van der Waals surface area (Å²) in [6.07, 6.45) is 27.8. The van der Waals surface area contributed by atoms with Gasteiger partial charge < -0.3 is 5.11 Å². The lowest BCUT2D eigenvalue weighted by Gasteiger charge is -2.08. The van der Waals surface area contributed by atoms with Crippen molar-refractivity contribution in [3.05, 3.63) is 24.3 Å². The Morgan fingerprint density at radius 3 is 1.78 bits per heavy atom. The van der Waals surface area contributed by atoms with E-state index in [1.54, 1.807) is 0 Å². The molecule has 0 rings (SSSR count). The molecule has 1 heteroatoms. The summed E-state index contributed by atoms with van der Waals surface area (Å²) in [5.74, 6) is 0. The van der Waals surface area contributed by atoms with Gasteiger partial charge in [-0.1, -0.05) is 89.5 Å². The zero-order chi connectivity index (χ0) is 17.0. The second kappa shape index (κ2) is 19.5. The summed E-state index contributed by atoms with van der Waals surface area (Å²) in [5.41, 5.74) is 0. The number of rotatable bonds is 17. The summed E-state index contributed by atoms with van der Waals surface area (Å²) in [7, 11) is 0. The lowest BCUT2D eigenvalue weighted by molar-refractivity contribution is 0.150. The van der Waals surface area contributed by atoms with Crippen LogP contribution < -0.4 is 0 Å². The Bertz CT molecular complexity index is 267. The largest absolute Gasteiger partial charge is 0.393 e. The van der Waals surface area contributed by atoms with Crippen LogP contribution in [0.2, 0.25) is 0 Å². The van der Waals surface area contributed by atoms with E-state index < -0.39 is 0 Å². The monoisotopic (exact) mass is 322 g/mol. The summed E-state index contributed by atoms with van der Waals surface area (Å²) < 4.78 is 0. The number of aliphatic hydroxyl groups excluding tert-OH is 1. The molecule has 0 amide bonds. The molecule has 0 aromatic heterocycles. The summed E-state index contributed by atoms with van der Waals surface area (Å²) in [6.45, 7) is 4.39. The molecule has 0 heterocycles. The number of allylic oxidation sites excluding steroid dienone is 4. The lowest BCUT2D eigenvalue weighted by atomic mass is 10.0. The van der Waals surface area contributed by atoms with Crippen LogP contribution in [-0.2, 0) is 0 Å². The van der Waals surface area contributed by atoms with Crippen LogP contribution in [0.3, 0.4) is 0 Å². The zero-order valence-corrected chi connectivity index (χ0v) is 15.9. The SMILES string of the molecule is CCCCC/C=C\C/C=C\CCCCCCCCC(O)CCC. The van der Waals surface area contributed by atoms with Gasteiger partial charge in [0.1, 0.15) is 0 Å². The first-order valence-electron chi connectivity index (χ1n) is 10.3. The molecule has 0 spiro atoms. The molecule has 1 atom stereocenters. The maximum Gasteiger partial charge on any atom is 0.0540 e. The van der Waals surface area contributed by atoms with Gasteiger partial charge in [0.25, 0.3) is 0 Å². The van der Waals surface area contributed by atoms with E-state index in [0.717, 1.165) is 25.7 Å². The smallest absolute Gasteiger partial charge is 0.0540 e. The Kier molecular flexibility index (Phi) is 19.0. The first kappa shape index (κ1) is 22.4. The van der Waals surface area contributed by atoms with Crippen molar-refractivity contribution in [1.82, 2.24) is 0 Å². The number of aliphatic hydroxyl groups is 1. The van der Waals surface area contributed by atoms with Gasteiger partial charge in [-0.25, -0.2) is 0 Å². The highest BCUT2D eigenvalue weighted by molar-refractivity contribution is 4.92. The Balaban J connectivity index is 3.19. The Labute approximate surface area is 146 Å². The van der Waals surface area contributed by atoms with Gasteiger partial charge in [-0.2, -0.15) is 0 Å². The highest BCUT2D eigenvalue weighted by Gasteiger charge is 2.01. The van der Waals surface area contributed by atoms with Crippen molar-refractivity contribution >= 4 is 0 Å². The lowest BCUT2D eigenvalue weighted by Crippen LogP contribution is -2.04. The van der Waals surface area contributed by atoms with Crippen LogP contribution in [-0.4, -0.2) is 11.2 Å². The number of hydrogen-bond donors (Lipinski definition) is 1. The fraction of sp³-hybridized carbons (Fsp3) is 0.818. The van der Waals surface area contributed by atoms with Gasteiger partial charge in [-0.15, -0.1) is 0 Å². The maximum atomic E-state index is 9.65. The van der Waals surface area contributed by atoms with Gasteiger partial charge in [-0.3, -0.25) is 0 Å². The van der Waals surface area contributed by atoms with Gasteiger partial charge >= 0.3 is 0 Å². The molecule has 0 saturated carbocycles. The van der Waals surface area contributed by atoms with Crippen molar-refractivity contribution in [2.24, 2.45) is 0 Å². The van der Waals surface area contributed by atoms with Crippen LogP contribution in [0.25, 0.3) is 0 Å². The number of unbranched alkanes of at least 4 members (excludes halogenated alkanes) is 9. The van der Waals surface area contributed by atoms with E-state index in [1.165, 1.54) is 70.6 Å². The first-order chi connectivity index (χ1) is 11.3. The predicted molar refractivity (Wildman–Crippen MR) is 105 cm³/mol. The molecule has 1 nitrogen and oxygen atoms in total. The van der Waals surface area contributed by atoms with Crippen LogP contribution in [0.15, 0.2) is 24.3 Å². The van der Waals surface area contributed by atoms with E-state index in [-0.39, 0.29) is 6.10 Å². The fourth-order valence-corrected chi connectivity index (χ4v) is 2.85. The molecular formula is C22H42O. The van der Waals surface area contributed by atoms with Gasteiger partial charge in [0.2, 0.25) is 0 Å². The van der Waals surface area contributed by atoms with E-state index >= 15 is 0 Å². The Morgan fingerprint density at radius 1 is 0.609 bits per heavy atom. The fourth-order valence-electron chi connectivity index (χ4n) is 2.85. The van der Waals surface area contributed by atoms with Crippen LogP contribution in [0.5, 0.6) is 0 Å². The summed E-state index contributed by atoms with van der Waals surface area (Å²) in [5, 5.41) is 9.65. The molecule has 0 radical (unpaired) electrons. The molecule has 0 aliphatic heterocycles. The quantitative estimate of drug-likeness (QED) is 0.219. The second-order valence-electron chi connectivity index (χ2n) is 6.82. The third-order valence-electron chi connectivity index (χ3n) is 4.36. The van der Waals surface area contributed by atoms with Crippen molar-refractivity contribution in [1.29, 1.82) is 0 Å². The second-order valence-corrected chi connectivity index (χ2v) is 6.82. The van der Waals surface area contributed by atoms with E-state index in [0.29, 0.717) is 0 Å². The van der Waals surface area contributed by atoms with Crippen LogP contribution >= 0.6 is 0 Å². The minimum Gasteiger partial charge on any atom is -0.393 e. The van der Waals surface area contributed by atoms with Crippen molar-refractivity contribution in [2.45, 2.75) is 116 Å². The minimum atomic E-state index is -0.0502. The normalized spacial score (nSPS) is 13.3. The highest BCUT2D eigenvalue weighted by atomic mass is 16.3. The molecule has 0 fully saturated rings. The maximum absolute atomic E-state index is 9.65. The molecule has 0 aliphatic carbocycles. The summed E-state index contributed by atoms with van der Waals surface area (Å²) in [6, 6.07) is 0. The van der Waals surface area contributed by atoms with Gasteiger partial charge in [-0.05, 0) is 44.9 Å². The third-order valence-corrected chi connectivity index (χ3v) is 4.36. The average molecular weight is 323 g/mol. The molecule has 23 heavy (non-hydrogen) atoms. The third kappa shape index (κ3) is 19.4. The van der Waals surface area contributed by atoms with Crippen LogP contribution in [0, 0.1) is 0 Å². The molecular weight excluding hydrogens is 280 g/mol. The first-order valence-corrected chi connectivity index (χ1v) is 10.3. The average Bonchev–Trinajstić information content (AvgIpc) is 2.54. The van der Waals surface area contributed by atoms with E-state index in [2.05, 4.69) is 38.2 Å². The predicted octanol–water partition coefficient (Wildman–Crippen LogP) is 7.35. The van der Waals surface area contributed by atoms with E-state index in [9.17, 15) is 5.11 Å². The molecule has 136 valence electrons. The standard InChI is InChI=1S/C22H42O/c1-3-5-6-7-8-9-10-11-12-13-14-15-16-17-18-19-21-22(23)20-4-2/h8-9,11-12,22-23H,3-7,10,13-21H2,1-2H3/b9-8-,12-11-. The van der Waals surface area contributed by atoms with Crippen LogP contribution in [0.4, 0.5) is 0 Å².